The monoisotopic (exact) mass is 500 g/mol. The molecule has 0 atom stereocenters. The topological polar surface area (TPSA) is 117 Å². The number of benzene rings is 3. The Balaban J connectivity index is 1.37. The van der Waals surface area contributed by atoms with Crippen molar-refractivity contribution in [2.24, 2.45) is 0 Å². The molecule has 1 aromatic heterocycles. The van der Waals surface area contributed by atoms with E-state index in [4.69, 9.17) is 21.1 Å². The van der Waals surface area contributed by atoms with Gasteiger partial charge in [-0.15, -0.1) is 0 Å². The predicted molar refractivity (Wildman–Crippen MR) is 138 cm³/mol. The van der Waals surface area contributed by atoms with E-state index in [1.807, 2.05) is 24.3 Å². The van der Waals surface area contributed by atoms with Crippen LogP contribution >= 0.6 is 11.6 Å². The lowest BCUT2D eigenvalue weighted by Crippen LogP contribution is -2.20. The SMILES string of the molecule is CCOC(=O)c1cc(NC(=O)COc2ccc(C=C(C#N)c3nc4ccccc4[nH]3)cc2)ccc1Cl. The molecule has 0 aliphatic heterocycles. The first-order valence-corrected chi connectivity index (χ1v) is 11.4. The minimum atomic E-state index is -0.566. The van der Waals surface area contributed by atoms with Crippen molar-refractivity contribution >= 4 is 51.8 Å². The fourth-order valence-corrected chi connectivity index (χ4v) is 3.57. The summed E-state index contributed by atoms with van der Waals surface area (Å²) in [6, 6.07) is 21.2. The van der Waals surface area contributed by atoms with E-state index in [1.54, 1.807) is 43.3 Å². The van der Waals surface area contributed by atoms with Crippen molar-refractivity contribution in [1.29, 1.82) is 5.26 Å². The molecular formula is C27H21ClN4O4. The third-order valence-electron chi connectivity index (χ3n) is 5.07. The third-order valence-corrected chi connectivity index (χ3v) is 5.40. The molecule has 0 aliphatic rings. The molecule has 180 valence electrons. The Hall–Kier alpha value is -4.61. The van der Waals surface area contributed by atoms with Crippen molar-refractivity contribution in [2.45, 2.75) is 6.92 Å². The Morgan fingerprint density at radius 1 is 1.14 bits per heavy atom. The summed E-state index contributed by atoms with van der Waals surface area (Å²) in [5.74, 6) is -0.00602. The number of carbonyl (C=O) groups excluding carboxylic acids is 2. The molecule has 1 heterocycles. The van der Waals surface area contributed by atoms with Crippen molar-refractivity contribution in [2.75, 3.05) is 18.5 Å². The second kappa shape index (κ2) is 11.2. The number of nitriles is 1. The molecule has 0 bridgehead atoms. The second-order valence-corrected chi connectivity index (χ2v) is 8.00. The highest BCUT2D eigenvalue weighted by Crippen LogP contribution is 2.23. The fourth-order valence-electron chi connectivity index (χ4n) is 3.38. The molecule has 0 radical (unpaired) electrons. The summed E-state index contributed by atoms with van der Waals surface area (Å²) in [6.45, 7) is 1.67. The summed E-state index contributed by atoms with van der Waals surface area (Å²) < 4.78 is 10.5. The number of hydrogen-bond donors (Lipinski definition) is 2. The van der Waals surface area contributed by atoms with Crippen molar-refractivity contribution in [3.63, 3.8) is 0 Å². The molecule has 0 aliphatic carbocycles. The quantitative estimate of drug-likeness (QED) is 0.244. The van der Waals surface area contributed by atoms with Gasteiger partial charge >= 0.3 is 5.97 Å². The molecule has 8 nitrogen and oxygen atoms in total. The number of anilines is 1. The van der Waals surface area contributed by atoms with Gasteiger partial charge in [0.15, 0.2) is 6.61 Å². The van der Waals surface area contributed by atoms with Crippen LogP contribution in [0, 0.1) is 11.3 Å². The number of hydrogen-bond acceptors (Lipinski definition) is 6. The lowest BCUT2D eigenvalue weighted by Gasteiger charge is -2.10. The van der Waals surface area contributed by atoms with Crippen LogP contribution in [0.15, 0.2) is 66.7 Å². The molecule has 4 aromatic rings. The standard InChI is InChI=1S/C27H21ClN4O4/c1-2-35-27(34)21-14-19(9-12-22(21)28)30-25(33)16-36-20-10-7-17(8-11-20)13-18(15-29)26-31-23-5-3-4-6-24(23)32-26/h3-14H,2,16H2,1H3,(H,30,33)(H,31,32). The maximum Gasteiger partial charge on any atom is 0.339 e. The molecule has 0 unspecified atom stereocenters. The normalized spacial score (nSPS) is 11.1. The number of para-hydroxylation sites is 2. The van der Waals surface area contributed by atoms with E-state index in [0.717, 1.165) is 16.6 Å². The number of esters is 1. The summed E-state index contributed by atoms with van der Waals surface area (Å²) in [5, 5.41) is 12.5. The number of carbonyl (C=O) groups is 2. The van der Waals surface area contributed by atoms with Gasteiger partial charge in [-0.3, -0.25) is 4.79 Å². The molecule has 0 saturated carbocycles. The number of H-pyrrole nitrogens is 1. The fraction of sp³-hybridized carbons (Fsp3) is 0.111. The van der Waals surface area contributed by atoms with Crippen LogP contribution < -0.4 is 10.1 Å². The average molecular weight is 501 g/mol. The summed E-state index contributed by atoms with van der Waals surface area (Å²) in [6.07, 6.45) is 1.72. The number of halogens is 1. The van der Waals surface area contributed by atoms with Crippen molar-refractivity contribution < 1.29 is 19.1 Å². The Bertz CT molecular complexity index is 1450. The molecule has 3 aromatic carbocycles. The molecule has 0 fully saturated rings. The highest BCUT2D eigenvalue weighted by Gasteiger charge is 2.14. The Morgan fingerprint density at radius 2 is 1.92 bits per heavy atom. The highest BCUT2D eigenvalue weighted by molar-refractivity contribution is 6.33. The first-order valence-electron chi connectivity index (χ1n) is 11.0. The number of aromatic amines is 1. The lowest BCUT2D eigenvalue weighted by atomic mass is 10.1. The smallest absolute Gasteiger partial charge is 0.339 e. The molecule has 36 heavy (non-hydrogen) atoms. The van der Waals surface area contributed by atoms with Crippen molar-refractivity contribution in [3.8, 4) is 11.8 Å². The average Bonchev–Trinajstić information content (AvgIpc) is 3.32. The van der Waals surface area contributed by atoms with Crippen LogP contribution in [0.2, 0.25) is 5.02 Å². The molecular weight excluding hydrogens is 480 g/mol. The molecule has 9 heteroatoms. The molecule has 0 saturated heterocycles. The van der Waals surface area contributed by atoms with E-state index < -0.39 is 11.9 Å². The molecule has 2 N–H and O–H groups in total. The van der Waals surface area contributed by atoms with E-state index >= 15 is 0 Å². The Kier molecular flexibility index (Phi) is 7.63. The van der Waals surface area contributed by atoms with E-state index in [0.29, 0.717) is 22.8 Å². The van der Waals surface area contributed by atoms with E-state index in [9.17, 15) is 14.9 Å². The number of aromatic nitrogens is 2. The van der Waals surface area contributed by atoms with Crippen LogP contribution in [0.25, 0.3) is 22.7 Å². The number of nitrogens with one attached hydrogen (secondary N) is 2. The predicted octanol–water partition coefficient (Wildman–Crippen LogP) is 5.47. The van der Waals surface area contributed by atoms with Gasteiger partial charge in [-0.1, -0.05) is 35.9 Å². The first kappa shape index (κ1) is 24.5. The second-order valence-electron chi connectivity index (χ2n) is 7.59. The zero-order valence-corrected chi connectivity index (χ0v) is 20.0. The molecule has 0 spiro atoms. The number of fused-ring (bicyclic) bond motifs is 1. The van der Waals surface area contributed by atoms with Crippen LogP contribution in [0.3, 0.4) is 0 Å². The maximum absolute atomic E-state index is 12.3. The zero-order chi connectivity index (χ0) is 25.5. The molecule has 1 amide bonds. The van der Waals surface area contributed by atoms with E-state index in [1.165, 1.54) is 12.1 Å². The van der Waals surface area contributed by atoms with Gasteiger partial charge < -0.3 is 19.8 Å². The van der Waals surface area contributed by atoms with Crippen molar-refractivity contribution in [3.05, 3.63) is 88.7 Å². The largest absolute Gasteiger partial charge is 0.484 e. The highest BCUT2D eigenvalue weighted by atomic mass is 35.5. The number of ether oxygens (including phenoxy) is 2. The Labute approximate surface area is 212 Å². The minimum Gasteiger partial charge on any atom is -0.484 e. The third kappa shape index (κ3) is 5.90. The van der Waals surface area contributed by atoms with Gasteiger partial charge in [0.2, 0.25) is 0 Å². The van der Waals surface area contributed by atoms with Gasteiger partial charge in [-0.25, -0.2) is 9.78 Å². The van der Waals surface area contributed by atoms with Gasteiger partial charge in [0.25, 0.3) is 5.91 Å². The number of nitrogens with zero attached hydrogens (tertiary/aromatic N) is 2. The lowest BCUT2D eigenvalue weighted by molar-refractivity contribution is -0.118. The minimum absolute atomic E-state index is 0.167. The summed E-state index contributed by atoms with van der Waals surface area (Å²) in [7, 11) is 0. The number of rotatable bonds is 8. The van der Waals surface area contributed by atoms with Gasteiger partial charge in [0.1, 0.15) is 17.6 Å². The van der Waals surface area contributed by atoms with Crippen LogP contribution in [-0.2, 0) is 9.53 Å². The van der Waals surface area contributed by atoms with Gasteiger partial charge in [-0.05, 0) is 61.0 Å². The van der Waals surface area contributed by atoms with Gasteiger partial charge in [-0.2, -0.15) is 5.26 Å². The molecule has 4 rings (SSSR count). The Morgan fingerprint density at radius 3 is 2.64 bits per heavy atom. The van der Waals surface area contributed by atoms with Crippen LogP contribution in [0.1, 0.15) is 28.7 Å². The summed E-state index contributed by atoms with van der Waals surface area (Å²) in [5.41, 5.74) is 3.37. The van der Waals surface area contributed by atoms with Crippen LogP contribution in [-0.4, -0.2) is 35.1 Å². The van der Waals surface area contributed by atoms with Crippen molar-refractivity contribution in [1.82, 2.24) is 9.97 Å². The maximum atomic E-state index is 12.3. The first-order chi connectivity index (χ1) is 17.5. The summed E-state index contributed by atoms with van der Waals surface area (Å²) in [4.78, 5) is 31.9. The number of allylic oxidation sites excluding steroid dienone is 1. The van der Waals surface area contributed by atoms with Crippen LogP contribution in [0.4, 0.5) is 5.69 Å². The van der Waals surface area contributed by atoms with E-state index in [-0.39, 0.29) is 23.8 Å². The van der Waals surface area contributed by atoms with Gasteiger partial charge in [0, 0.05) is 5.69 Å². The number of imidazole rings is 1. The number of amides is 1. The van der Waals surface area contributed by atoms with E-state index in [2.05, 4.69) is 21.4 Å². The zero-order valence-electron chi connectivity index (χ0n) is 19.2. The summed E-state index contributed by atoms with van der Waals surface area (Å²) >= 11 is 6.05. The van der Waals surface area contributed by atoms with Crippen LogP contribution in [0.5, 0.6) is 5.75 Å². The van der Waals surface area contributed by atoms with Gasteiger partial charge in [0.05, 0.1) is 33.8 Å².